The third-order valence-electron chi connectivity index (χ3n) is 3.98. The summed E-state index contributed by atoms with van der Waals surface area (Å²) in [5.41, 5.74) is 8.33. The second kappa shape index (κ2) is 7.94. The highest BCUT2D eigenvalue weighted by Crippen LogP contribution is 2.13. The lowest BCUT2D eigenvalue weighted by molar-refractivity contribution is 0.0950. The first kappa shape index (κ1) is 17.2. The van der Waals surface area contributed by atoms with Crippen LogP contribution in [-0.4, -0.2) is 23.9 Å². The van der Waals surface area contributed by atoms with Gasteiger partial charge in [0.1, 0.15) is 12.0 Å². The standard InChI is InChI=1S/C18H25N3O2/c1-13(2)21(3)11-15-7-5-4-6-14(15)10-20-18(22)16-8-17(9-19)23-12-16/h4-8,12-13H,9-11,19H2,1-3H3,(H,20,22). The summed E-state index contributed by atoms with van der Waals surface area (Å²) in [6.07, 6.45) is 1.44. The van der Waals surface area contributed by atoms with E-state index in [1.165, 1.54) is 11.8 Å². The molecule has 0 aliphatic heterocycles. The van der Waals surface area contributed by atoms with Crippen LogP contribution in [0.25, 0.3) is 0 Å². The number of hydrogen-bond acceptors (Lipinski definition) is 4. The van der Waals surface area contributed by atoms with Crippen molar-refractivity contribution in [2.45, 2.75) is 39.5 Å². The molecule has 0 fully saturated rings. The van der Waals surface area contributed by atoms with E-state index in [1.807, 2.05) is 18.2 Å². The van der Waals surface area contributed by atoms with Gasteiger partial charge in [0, 0.05) is 19.1 Å². The first-order chi connectivity index (χ1) is 11.0. The molecule has 0 saturated carbocycles. The summed E-state index contributed by atoms with van der Waals surface area (Å²) in [7, 11) is 2.10. The van der Waals surface area contributed by atoms with Crippen LogP contribution in [-0.2, 0) is 19.6 Å². The van der Waals surface area contributed by atoms with E-state index < -0.39 is 0 Å². The Morgan fingerprint density at radius 2 is 2.00 bits per heavy atom. The van der Waals surface area contributed by atoms with Gasteiger partial charge in [-0.25, -0.2) is 0 Å². The first-order valence-electron chi connectivity index (χ1n) is 7.84. The molecule has 1 heterocycles. The van der Waals surface area contributed by atoms with Crippen LogP contribution in [0.3, 0.4) is 0 Å². The number of nitrogens with zero attached hydrogens (tertiary/aromatic N) is 1. The third kappa shape index (κ3) is 4.68. The largest absolute Gasteiger partial charge is 0.467 e. The molecule has 0 unspecified atom stereocenters. The smallest absolute Gasteiger partial charge is 0.254 e. The highest BCUT2D eigenvalue weighted by Gasteiger charge is 2.11. The number of nitrogens with two attached hydrogens (primary N) is 1. The molecule has 0 aliphatic carbocycles. The second-order valence-corrected chi connectivity index (χ2v) is 5.97. The average Bonchev–Trinajstić information content (AvgIpc) is 3.02. The summed E-state index contributed by atoms with van der Waals surface area (Å²) in [4.78, 5) is 14.4. The minimum absolute atomic E-state index is 0.152. The predicted molar refractivity (Wildman–Crippen MR) is 90.8 cm³/mol. The zero-order valence-corrected chi connectivity index (χ0v) is 14.0. The Morgan fingerprint density at radius 1 is 1.30 bits per heavy atom. The Hall–Kier alpha value is -2.11. The number of furan rings is 1. The molecule has 0 spiro atoms. The topological polar surface area (TPSA) is 71.5 Å². The van der Waals surface area contributed by atoms with Crippen LogP contribution in [0, 0.1) is 0 Å². The lowest BCUT2D eigenvalue weighted by Crippen LogP contribution is -2.27. The normalized spacial score (nSPS) is 11.2. The molecular formula is C18H25N3O2. The van der Waals surface area contributed by atoms with E-state index in [0.29, 0.717) is 23.9 Å². The molecule has 0 radical (unpaired) electrons. The van der Waals surface area contributed by atoms with Gasteiger partial charge < -0.3 is 15.5 Å². The van der Waals surface area contributed by atoms with Gasteiger partial charge in [0.25, 0.3) is 5.91 Å². The van der Waals surface area contributed by atoms with E-state index in [2.05, 4.69) is 37.2 Å². The lowest BCUT2D eigenvalue weighted by Gasteiger charge is -2.22. The van der Waals surface area contributed by atoms with Crippen LogP contribution in [0.5, 0.6) is 0 Å². The first-order valence-corrected chi connectivity index (χ1v) is 7.84. The Labute approximate surface area is 137 Å². The third-order valence-corrected chi connectivity index (χ3v) is 3.98. The van der Waals surface area contributed by atoms with E-state index in [-0.39, 0.29) is 12.5 Å². The van der Waals surface area contributed by atoms with Gasteiger partial charge in [0.15, 0.2) is 0 Å². The lowest BCUT2D eigenvalue weighted by atomic mass is 10.1. The van der Waals surface area contributed by atoms with Gasteiger partial charge in [-0.2, -0.15) is 0 Å². The molecule has 1 amide bonds. The number of hydrogen-bond donors (Lipinski definition) is 2. The Morgan fingerprint density at radius 3 is 2.61 bits per heavy atom. The summed E-state index contributed by atoms with van der Waals surface area (Å²) in [5, 5.41) is 2.94. The molecule has 23 heavy (non-hydrogen) atoms. The molecule has 3 N–H and O–H groups in total. The van der Waals surface area contributed by atoms with Gasteiger partial charge in [-0.3, -0.25) is 9.69 Å². The van der Waals surface area contributed by atoms with Crippen LogP contribution in [0.2, 0.25) is 0 Å². The molecular weight excluding hydrogens is 290 g/mol. The second-order valence-electron chi connectivity index (χ2n) is 5.97. The zero-order valence-electron chi connectivity index (χ0n) is 14.0. The van der Waals surface area contributed by atoms with E-state index in [0.717, 1.165) is 12.1 Å². The average molecular weight is 315 g/mol. The highest BCUT2D eigenvalue weighted by molar-refractivity contribution is 5.93. The number of amides is 1. The van der Waals surface area contributed by atoms with Crippen LogP contribution in [0.15, 0.2) is 41.0 Å². The number of carbonyl (C=O) groups excluding carboxylic acids is 1. The quantitative estimate of drug-likeness (QED) is 0.823. The summed E-state index contributed by atoms with van der Waals surface area (Å²) >= 11 is 0. The number of carbonyl (C=O) groups is 1. The predicted octanol–water partition coefficient (Wildman–Crippen LogP) is 2.51. The molecule has 5 nitrogen and oxygen atoms in total. The maximum absolute atomic E-state index is 12.2. The van der Waals surface area contributed by atoms with Crippen LogP contribution in [0.4, 0.5) is 0 Å². The molecule has 1 aromatic heterocycles. The van der Waals surface area contributed by atoms with Crippen LogP contribution >= 0.6 is 0 Å². The fourth-order valence-electron chi connectivity index (χ4n) is 2.22. The molecule has 2 aromatic rings. The van der Waals surface area contributed by atoms with E-state index in [1.54, 1.807) is 6.07 Å². The monoisotopic (exact) mass is 315 g/mol. The maximum atomic E-state index is 12.2. The zero-order chi connectivity index (χ0) is 16.8. The van der Waals surface area contributed by atoms with Gasteiger partial charge in [-0.05, 0) is 38.1 Å². The van der Waals surface area contributed by atoms with Gasteiger partial charge in [0.2, 0.25) is 0 Å². The minimum Gasteiger partial charge on any atom is -0.467 e. The molecule has 1 aromatic carbocycles. The van der Waals surface area contributed by atoms with Crippen molar-refractivity contribution in [2.75, 3.05) is 7.05 Å². The summed E-state index contributed by atoms with van der Waals surface area (Å²) in [6.45, 7) is 5.96. The van der Waals surface area contributed by atoms with Crippen molar-refractivity contribution in [1.29, 1.82) is 0 Å². The molecule has 5 heteroatoms. The molecule has 0 saturated heterocycles. The van der Waals surface area contributed by atoms with Crippen molar-refractivity contribution >= 4 is 5.91 Å². The van der Waals surface area contributed by atoms with Gasteiger partial charge in [-0.1, -0.05) is 24.3 Å². The Bertz CT molecular complexity index is 649. The fraction of sp³-hybridized carbons (Fsp3) is 0.389. The minimum atomic E-state index is -0.152. The summed E-state index contributed by atoms with van der Waals surface area (Å²) in [5.74, 6) is 0.453. The summed E-state index contributed by atoms with van der Waals surface area (Å²) in [6, 6.07) is 10.3. The number of benzene rings is 1. The van der Waals surface area contributed by atoms with Crippen molar-refractivity contribution in [3.05, 3.63) is 59.0 Å². The Kier molecular flexibility index (Phi) is 5.96. The Balaban J connectivity index is 2.01. The van der Waals surface area contributed by atoms with E-state index in [4.69, 9.17) is 10.2 Å². The van der Waals surface area contributed by atoms with Gasteiger partial charge in [0.05, 0.1) is 12.1 Å². The molecule has 0 aliphatic rings. The highest BCUT2D eigenvalue weighted by atomic mass is 16.3. The fourth-order valence-corrected chi connectivity index (χ4v) is 2.22. The van der Waals surface area contributed by atoms with Crippen LogP contribution < -0.4 is 11.1 Å². The molecule has 2 rings (SSSR count). The number of nitrogens with one attached hydrogen (secondary N) is 1. The maximum Gasteiger partial charge on any atom is 0.254 e. The summed E-state index contributed by atoms with van der Waals surface area (Å²) < 4.78 is 5.20. The molecule has 0 bridgehead atoms. The van der Waals surface area contributed by atoms with Crippen molar-refractivity contribution in [3.8, 4) is 0 Å². The van der Waals surface area contributed by atoms with Crippen LogP contribution in [0.1, 0.15) is 41.1 Å². The SMILES string of the molecule is CC(C)N(C)Cc1ccccc1CNC(=O)c1coc(CN)c1. The van der Waals surface area contributed by atoms with E-state index in [9.17, 15) is 4.79 Å². The van der Waals surface area contributed by atoms with E-state index >= 15 is 0 Å². The number of rotatable bonds is 7. The van der Waals surface area contributed by atoms with Crippen molar-refractivity contribution in [2.24, 2.45) is 5.73 Å². The van der Waals surface area contributed by atoms with Crippen molar-refractivity contribution in [1.82, 2.24) is 10.2 Å². The molecule has 124 valence electrons. The van der Waals surface area contributed by atoms with Gasteiger partial charge in [-0.15, -0.1) is 0 Å². The van der Waals surface area contributed by atoms with Gasteiger partial charge >= 0.3 is 0 Å². The van der Waals surface area contributed by atoms with Crippen molar-refractivity contribution in [3.63, 3.8) is 0 Å². The molecule has 0 atom stereocenters. The van der Waals surface area contributed by atoms with Crippen molar-refractivity contribution < 1.29 is 9.21 Å².